The van der Waals surface area contributed by atoms with Crippen molar-refractivity contribution in [3.05, 3.63) is 75.1 Å². The van der Waals surface area contributed by atoms with E-state index < -0.39 is 17.5 Å². The minimum Gasteiger partial charge on any atom is -0.423 e. The molecule has 0 bridgehead atoms. The summed E-state index contributed by atoms with van der Waals surface area (Å²) in [4.78, 5) is 36.4. The molecule has 1 aromatic heterocycles. The molecule has 8 heteroatoms. The number of rotatable bonds is 6. The van der Waals surface area contributed by atoms with Gasteiger partial charge in [0.1, 0.15) is 16.9 Å². The number of fused-ring (bicyclic) bond motifs is 1. The van der Waals surface area contributed by atoms with Crippen molar-refractivity contribution in [2.45, 2.75) is 0 Å². The highest BCUT2D eigenvalue weighted by Gasteiger charge is 2.15. The van der Waals surface area contributed by atoms with Crippen LogP contribution in [0, 0.1) is 0 Å². The number of carbonyl (C=O) groups is 2. The van der Waals surface area contributed by atoms with Crippen LogP contribution in [0.3, 0.4) is 0 Å². The van der Waals surface area contributed by atoms with Gasteiger partial charge in [-0.1, -0.05) is 11.6 Å². The summed E-state index contributed by atoms with van der Waals surface area (Å²) in [5.74, 6) is -0.925. The zero-order chi connectivity index (χ0) is 20.1. The SMILES string of the molecule is COCCNC(=O)c1cc2ccc(OC(=O)c3ccc(Cl)cc3)cc2oc1=O. The van der Waals surface area contributed by atoms with E-state index in [-0.39, 0.29) is 23.4 Å². The molecule has 1 N–H and O–H groups in total. The standard InChI is InChI=1S/C20H16ClNO6/c1-26-9-8-22-18(23)16-10-13-4-7-15(11-17(13)28-20(16)25)27-19(24)12-2-5-14(21)6-3-12/h2-7,10-11H,8-9H2,1H3,(H,22,23). The lowest BCUT2D eigenvalue weighted by Crippen LogP contribution is -2.30. The molecule has 3 aromatic rings. The third-order valence-corrected chi connectivity index (χ3v) is 4.09. The summed E-state index contributed by atoms with van der Waals surface area (Å²) in [6, 6.07) is 12.2. The fraction of sp³-hybridized carbons (Fsp3) is 0.150. The molecule has 0 aliphatic carbocycles. The van der Waals surface area contributed by atoms with Gasteiger partial charge in [0.25, 0.3) is 5.91 Å². The minimum absolute atomic E-state index is 0.116. The molecule has 144 valence electrons. The maximum Gasteiger partial charge on any atom is 0.349 e. The normalized spacial score (nSPS) is 10.6. The quantitative estimate of drug-likeness (QED) is 0.295. The number of esters is 1. The predicted octanol–water partition coefficient (Wildman–Crippen LogP) is 3.04. The van der Waals surface area contributed by atoms with Gasteiger partial charge in [0.2, 0.25) is 0 Å². The van der Waals surface area contributed by atoms with Crippen LogP contribution in [0.15, 0.2) is 57.7 Å². The molecule has 0 saturated carbocycles. The fourth-order valence-corrected chi connectivity index (χ4v) is 2.55. The number of hydrogen-bond acceptors (Lipinski definition) is 6. The molecule has 28 heavy (non-hydrogen) atoms. The Morgan fingerprint density at radius 2 is 1.86 bits per heavy atom. The summed E-state index contributed by atoms with van der Waals surface area (Å²) in [5.41, 5.74) is -0.382. The van der Waals surface area contributed by atoms with Crippen LogP contribution in [0.25, 0.3) is 11.0 Å². The summed E-state index contributed by atoms with van der Waals surface area (Å²) in [6.45, 7) is 0.597. The van der Waals surface area contributed by atoms with E-state index >= 15 is 0 Å². The third kappa shape index (κ3) is 4.57. The second kappa shape index (κ2) is 8.69. The average Bonchev–Trinajstić information content (AvgIpc) is 2.68. The van der Waals surface area contributed by atoms with Gasteiger partial charge >= 0.3 is 11.6 Å². The smallest absolute Gasteiger partial charge is 0.349 e. The number of nitrogens with one attached hydrogen (secondary N) is 1. The van der Waals surface area contributed by atoms with Crippen molar-refractivity contribution in [2.75, 3.05) is 20.3 Å². The molecular formula is C20H16ClNO6. The Kier molecular flexibility index (Phi) is 6.08. The lowest BCUT2D eigenvalue weighted by atomic mass is 10.1. The van der Waals surface area contributed by atoms with Gasteiger partial charge in [0, 0.05) is 30.1 Å². The Morgan fingerprint density at radius 1 is 1.11 bits per heavy atom. The maximum absolute atomic E-state index is 12.2. The first-order valence-corrected chi connectivity index (χ1v) is 8.68. The Balaban J connectivity index is 1.81. The summed E-state index contributed by atoms with van der Waals surface area (Å²) in [5, 5.41) is 3.58. The molecular weight excluding hydrogens is 386 g/mol. The number of methoxy groups -OCH3 is 1. The molecule has 0 aliphatic rings. The molecule has 0 radical (unpaired) electrons. The minimum atomic E-state index is -0.788. The first-order valence-electron chi connectivity index (χ1n) is 8.31. The van der Waals surface area contributed by atoms with Gasteiger partial charge in [-0.2, -0.15) is 0 Å². The largest absolute Gasteiger partial charge is 0.423 e. The van der Waals surface area contributed by atoms with E-state index in [4.69, 9.17) is 25.5 Å². The molecule has 0 saturated heterocycles. The van der Waals surface area contributed by atoms with E-state index in [0.717, 1.165) is 0 Å². The molecule has 0 atom stereocenters. The molecule has 2 aromatic carbocycles. The molecule has 0 aliphatic heterocycles. The van der Waals surface area contributed by atoms with Crippen LogP contribution in [0.1, 0.15) is 20.7 Å². The summed E-state index contributed by atoms with van der Waals surface area (Å²) in [6.07, 6.45) is 0. The first-order chi connectivity index (χ1) is 13.5. The Morgan fingerprint density at radius 3 is 2.57 bits per heavy atom. The van der Waals surface area contributed by atoms with Crippen LogP contribution >= 0.6 is 11.6 Å². The number of hydrogen-bond donors (Lipinski definition) is 1. The fourth-order valence-electron chi connectivity index (χ4n) is 2.43. The van der Waals surface area contributed by atoms with Crippen LogP contribution in [0.5, 0.6) is 5.75 Å². The van der Waals surface area contributed by atoms with Crippen molar-refractivity contribution in [1.82, 2.24) is 5.32 Å². The lowest BCUT2D eigenvalue weighted by Gasteiger charge is -2.07. The van der Waals surface area contributed by atoms with E-state index in [9.17, 15) is 14.4 Å². The van der Waals surface area contributed by atoms with E-state index in [0.29, 0.717) is 22.6 Å². The van der Waals surface area contributed by atoms with Gasteiger partial charge < -0.3 is 19.2 Å². The number of amides is 1. The number of ether oxygens (including phenoxy) is 2. The Labute approximate surface area is 164 Å². The second-order valence-corrected chi connectivity index (χ2v) is 6.23. The Bertz CT molecular complexity index is 1070. The van der Waals surface area contributed by atoms with Gasteiger partial charge in [-0.15, -0.1) is 0 Å². The molecule has 0 fully saturated rings. The van der Waals surface area contributed by atoms with E-state index in [2.05, 4.69) is 5.32 Å². The van der Waals surface area contributed by atoms with Gasteiger partial charge in [-0.25, -0.2) is 9.59 Å². The molecule has 1 amide bonds. The topological polar surface area (TPSA) is 94.8 Å². The van der Waals surface area contributed by atoms with Crippen LogP contribution in [0.4, 0.5) is 0 Å². The molecule has 0 unspecified atom stereocenters. The third-order valence-electron chi connectivity index (χ3n) is 3.83. The van der Waals surface area contributed by atoms with E-state index in [1.54, 1.807) is 36.4 Å². The predicted molar refractivity (Wildman–Crippen MR) is 103 cm³/mol. The van der Waals surface area contributed by atoms with Crippen molar-refractivity contribution in [2.24, 2.45) is 0 Å². The molecule has 7 nitrogen and oxygen atoms in total. The molecule has 3 rings (SSSR count). The maximum atomic E-state index is 12.2. The molecule has 1 heterocycles. The zero-order valence-electron chi connectivity index (χ0n) is 14.9. The highest BCUT2D eigenvalue weighted by atomic mass is 35.5. The van der Waals surface area contributed by atoms with Crippen LogP contribution in [-0.2, 0) is 4.74 Å². The summed E-state index contributed by atoms with van der Waals surface area (Å²) in [7, 11) is 1.51. The van der Waals surface area contributed by atoms with Crippen molar-refractivity contribution >= 4 is 34.4 Å². The van der Waals surface area contributed by atoms with Crippen molar-refractivity contribution in [3.8, 4) is 5.75 Å². The van der Waals surface area contributed by atoms with E-state index in [1.165, 1.54) is 19.2 Å². The molecule has 0 spiro atoms. The lowest BCUT2D eigenvalue weighted by molar-refractivity contribution is 0.0734. The number of carbonyl (C=O) groups excluding carboxylic acids is 2. The van der Waals surface area contributed by atoms with Gasteiger partial charge in [-0.05, 0) is 42.5 Å². The van der Waals surface area contributed by atoms with Gasteiger partial charge in [0.15, 0.2) is 0 Å². The van der Waals surface area contributed by atoms with Crippen molar-refractivity contribution in [1.29, 1.82) is 0 Å². The zero-order valence-corrected chi connectivity index (χ0v) is 15.6. The second-order valence-electron chi connectivity index (χ2n) is 5.79. The summed E-state index contributed by atoms with van der Waals surface area (Å²) < 4.78 is 15.3. The van der Waals surface area contributed by atoms with Crippen molar-refractivity contribution < 1.29 is 23.5 Å². The van der Waals surface area contributed by atoms with Gasteiger partial charge in [0.05, 0.1) is 12.2 Å². The van der Waals surface area contributed by atoms with Crippen molar-refractivity contribution in [3.63, 3.8) is 0 Å². The average molecular weight is 402 g/mol. The van der Waals surface area contributed by atoms with Crippen LogP contribution < -0.4 is 15.7 Å². The van der Waals surface area contributed by atoms with Gasteiger partial charge in [-0.3, -0.25) is 4.79 Å². The summed E-state index contributed by atoms with van der Waals surface area (Å²) >= 11 is 5.80. The van der Waals surface area contributed by atoms with Crippen LogP contribution in [-0.4, -0.2) is 32.1 Å². The number of benzene rings is 2. The highest BCUT2D eigenvalue weighted by Crippen LogP contribution is 2.22. The Hall–Kier alpha value is -3.16. The van der Waals surface area contributed by atoms with Crippen LogP contribution in [0.2, 0.25) is 5.02 Å². The monoisotopic (exact) mass is 401 g/mol. The number of halogens is 1. The highest BCUT2D eigenvalue weighted by molar-refractivity contribution is 6.30. The van der Waals surface area contributed by atoms with E-state index in [1.807, 2.05) is 0 Å². The first kappa shape index (κ1) is 19.6.